The third-order valence-electron chi connectivity index (χ3n) is 4.85. The molecule has 7 N–H and O–H groups in total. The van der Waals surface area contributed by atoms with Gasteiger partial charge < -0.3 is 44.6 Å². The molecule has 216 valence electrons. The Morgan fingerprint density at radius 1 is 1.03 bits per heavy atom. The largest absolute Gasteiger partial charge is 0.497 e. The second-order valence-corrected chi connectivity index (χ2v) is 12.0. The van der Waals surface area contributed by atoms with Crippen LogP contribution in [0.25, 0.3) is 0 Å². The molecule has 1 aromatic heterocycles. The number of anilines is 1. The monoisotopic (exact) mass is 617 g/mol. The fraction of sp³-hybridized carbons (Fsp3) is 0.353. The summed E-state index contributed by atoms with van der Waals surface area (Å²) in [6, 6.07) is 7.23. The van der Waals surface area contributed by atoms with Gasteiger partial charge in [0.15, 0.2) is 6.23 Å². The number of carbonyl (C=O) groups excluding carboxylic acids is 1. The number of aliphatic hydroxyl groups excluding tert-OH is 2. The van der Waals surface area contributed by atoms with E-state index >= 15 is 0 Å². The molecule has 3 rings (SSSR count). The molecule has 0 aliphatic carbocycles. The number of rotatable bonds is 11. The third kappa shape index (κ3) is 8.57. The molecule has 1 aromatic carbocycles. The molecule has 1 aliphatic heterocycles. The van der Waals surface area contributed by atoms with Gasteiger partial charge in [0.25, 0.3) is 5.91 Å². The average Bonchev–Trinajstić information content (AvgIpc) is 3.09. The SMILES string of the molecule is COc1ccc(C(=O)Nc2ccn([C@@H]3O[C@H](COP(=O)(O)OP(=O)(O)OP(=O)(O)O)[C@@H](O)[C@H]3O)c(=O)n2)cc1. The molecular formula is C17H22N3O16P3. The molecule has 1 fully saturated rings. The Morgan fingerprint density at radius 3 is 2.23 bits per heavy atom. The van der Waals surface area contributed by atoms with Crippen LogP contribution in [0.15, 0.2) is 41.3 Å². The van der Waals surface area contributed by atoms with E-state index in [2.05, 4.69) is 23.4 Å². The van der Waals surface area contributed by atoms with Crippen LogP contribution in [0.4, 0.5) is 5.82 Å². The van der Waals surface area contributed by atoms with Crippen molar-refractivity contribution in [2.75, 3.05) is 19.0 Å². The number of ether oxygens (including phenoxy) is 2. The Balaban J connectivity index is 1.64. The number of benzene rings is 1. The summed E-state index contributed by atoms with van der Waals surface area (Å²) in [6.45, 7) is -1.07. The normalized spacial score (nSPS) is 24.5. The Labute approximate surface area is 218 Å². The molecule has 22 heteroatoms. The van der Waals surface area contributed by atoms with E-state index in [-0.39, 0.29) is 11.4 Å². The minimum Gasteiger partial charge on any atom is -0.497 e. The van der Waals surface area contributed by atoms with Crippen LogP contribution in [0.2, 0.25) is 0 Å². The molecule has 2 aromatic rings. The highest BCUT2D eigenvalue weighted by molar-refractivity contribution is 7.66. The maximum absolute atomic E-state index is 12.5. The lowest BCUT2D eigenvalue weighted by atomic mass is 10.1. The fourth-order valence-corrected chi connectivity index (χ4v) is 6.20. The summed E-state index contributed by atoms with van der Waals surface area (Å²) in [5, 5.41) is 22.9. The first kappa shape index (κ1) is 31.2. The molecular weight excluding hydrogens is 595 g/mol. The molecule has 2 unspecified atom stereocenters. The molecule has 1 amide bonds. The van der Waals surface area contributed by atoms with Crippen molar-refractivity contribution in [3.05, 3.63) is 52.6 Å². The number of nitrogens with zero attached hydrogens (tertiary/aromatic N) is 2. The zero-order valence-electron chi connectivity index (χ0n) is 19.5. The van der Waals surface area contributed by atoms with Crippen LogP contribution in [0.3, 0.4) is 0 Å². The molecule has 19 nitrogen and oxygen atoms in total. The number of carbonyl (C=O) groups is 1. The van der Waals surface area contributed by atoms with Crippen molar-refractivity contribution in [2.24, 2.45) is 0 Å². The lowest BCUT2D eigenvalue weighted by molar-refractivity contribution is -0.0541. The Kier molecular flexibility index (Phi) is 9.63. The molecule has 0 saturated carbocycles. The van der Waals surface area contributed by atoms with Crippen molar-refractivity contribution in [1.82, 2.24) is 9.55 Å². The number of methoxy groups -OCH3 is 1. The highest BCUT2D eigenvalue weighted by Crippen LogP contribution is 2.66. The second-order valence-electron chi connectivity index (χ2n) is 7.62. The smallest absolute Gasteiger partial charge is 0.490 e. The standard InChI is InChI=1S/C17H22N3O16P3/c1-32-10-4-2-9(3-5-10)15(23)18-12-6-7-20(17(24)19-12)16-14(22)13(21)11(34-16)8-33-38(28,29)36-39(30,31)35-37(25,26)27/h2-7,11,13-14,16,21-22H,8H2,1H3,(H,28,29)(H,30,31)(H2,25,26,27)(H,18,19,23,24)/t11-,13-,14-,16-/m1/s1. The number of hydrogen-bond acceptors (Lipinski definition) is 13. The molecule has 39 heavy (non-hydrogen) atoms. The zero-order chi connectivity index (χ0) is 29.2. The van der Waals surface area contributed by atoms with E-state index in [0.717, 1.165) is 10.8 Å². The predicted molar refractivity (Wildman–Crippen MR) is 125 cm³/mol. The van der Waals surface area contributed by atoms with Crippen molar-refractivity contribution in [2.45, 2.75) is 24.5 Å². The molecule has 0 bridgehead atoms. The first-order chi connectivity index (χ1) is 18.0. The van der Waals surface area contributed by atoms with Crippen LogP contribution in [-0.2, 0) is 31.6 Å². The number of phosphoric acid groups is 3. The van der Waals surface area contributed by atoms with Crippen molar-refractivity contribution >= 4 is 35.2 Å². The minimum atomic E-state index is -5.77. The molecule has 1 saturated heterocycles. The highest BCUT2D eigenvalue weighted by Gasteiger charge is 2.46. The molecule has 6 atom stereocenters. The van der Waals surface area contributed by atoms with Crippen LogP contribution < -0.4 is 15.7 Å². The Hall–Kier alpha value is -2.34. The van der Waals surface area contributed by atoms with Gasteiger partial charge in [0.2, 0.25) is 0 Å². The van der Waals surface area contributed by atoms with E-state index < -0.39 is 66.2 Å². The predicted octanol–water partition coefficient (Wildman–Crippen LogP) is -0.533. The fourth-order valence-electron chi connectivity index (χ4n) is 3.17. The Morgan fingerprint density at radius 2 is 1.67 bits per heavy atom. The quantitative estimate of drug-likeness (QED) is 0.156. The van der Waals surface area contributed by atoms with E-state index in [0.29, 0.717) is 5.75 Å². The van der Waals surface area contributed by atoms with Crippen LogP contribution in [0.1, 0.15) is 16.6 Å². The summed E-state index contributed by atoms with van der Waals surface area (Å²) < 4.78 is 56.5. The number of aromatic nitrogens is 2. The van der Waals surface area contributed by atoms with E-state index in [1.165, 1.54) is 25.3 Å². The maximum Gasteiger partial charge on any atom is 0.490 e. The highest BCUT2D eigenvalue weighted by atomic mass is 31.3. The van der Waals surface area contributed by atoms with Crippen LogP contribution >= 0.6 is 23.5 Å². The summed E-state index contributed by atoms with van der Waals surface area (Å²) in [5.74, 6) is -0.236. The van der Waals surface area contributed by atoms with Gasteiger partial charge >= 0.3 is 29.2 Å². The zero-order valence-corrected chi connectivity index (χ0v) is 22.2. The number of nitrogens with one attached hydrogen (secondary N) is 1. The summed E-state index contributed by atoms with van der Waals surface area (Å²) in [6.07, 6.45) is -5.77. The average molecular weight is 617 g/mol. The van der Waals surface area contributed by atoms with Gasteiger partial charge in [-0.25, -0.2) is 18.5 Å². The lowest BCUT2D eigenvalue weighted by Crippen LogP contribution is -2.36. The van der Waals surface area contributed by atoms with Gasteiger partial charge in [0.1, 0.15) is 29.9 Å². The van der Waals surface area contributed by atoms with Crippen LogP contribution in [0, 0.1) is 0 Å². The first-order valence-electron chi connectivity index (χ1n) is 10.3. The van der Waals surface area contributed by atoms with Crippen LogP contribution in [0.5, 0.6) is 5.75 Å². The van der Waals surface area contributed by atoms with Crippen molar-refractivity contribution in [1.29, 1.82) is 0 Å². The topological polar surface area (TPSA) is 283 Å². The molecule has 2 heterocycles. The molecule has 1 aliphatic rings. The number of phosphoric ester groups is 1. The number of aliphatic hydroxyl groups is 2. The summed E-state index contributed by atoms with van der Waals surface area (Å²) in [7, 11) is -15.4. The van der Waals surface area contributed by atoms with Gasteiger partial charge in [-0.05, 0) is 30.3 Å². The van der Waals surface area contributed by atoms with E-state index in [4.69, 9.17) is 24.2 Å². The summed E-state index contributed by atoms with van der Waals surface area (Å²) in [5.41, 5.74) is -0.800. The second kappa shape index (κ2) is 12.0. The molecule has 0 radical (unpaired) electrons. The van der Waals surface area contributed by atoms with E-state index in [1.54, 1.807) is 12.1 Å². The van der Waals surface area contributed by atoms with Crippen molar-refractivity contribution in [3.8, 4) is 5.75 Å². The van der Waals surface area contributed by atoms with Gasteiger partial charge in [-0.3, -0.25) is 13.9 Å². The lowest BCUT2D eigenvalue weighted by Gasteiger charge is -2.19. The van der Waals surface area contributed by atoms with E-state index in [1.807, 2.05) is 0 Å². The van der Waals surface area contributed by atoms with Crippen LogP contribution in [-0.4, -0.2) is 77.3 Å². The van der Waals surface area contributed by atoms with Gasteiger partial charge in [-0.2, -0.15) is 13.6 Å². The first-order valence-corrected chi connectivity index (χ1v) is 14.9. The van der Waals surface area contributed by atoms with Gasteiger partial charge in [-0.15, -0.1) is 0 Å². The van der Waals surface area contributed by atoms with Gasteiger partial charge in [0.05, 0.1) is 13.7 Å². The number of amides is 1. The van der Waals surface area contributed by atoms with Gasteiger partial charge in [-0.1, -0.05) is 0 Å². The third-order valence-corrected chi connectivity index (χ3v) is 8.66. The Bertz CT molecular complexity index is 1390. The van der Waals surface area contributed by atoms with Crippen molar-refractivity contribution < 1.29 is 70.9 Å². The maximum atomic E-state index is 12.5. The minimum absolute atomic E-state index is 0.158. The summed E-state index contributed by atoms with van der Waals surface area (Å²) in [4.78, 5) is 64.3. The molecule has 0 spiro atoms. The van der Waals surface area contributed by atoms with Gasteiger partial charge in [0, 0.05) is 11.8 Å². The number of hydrogen-bond donors (Lipinski definition) is 7. The van der Waals surface area contributed by atoms with E-state index in [9.17, 15) is 38.4 Å². The summed E-state index contributed by atoms with van der Waals surface area (Å²) >= 11 is 0. The van der Waals surface area contributed by atoms with Crippen molar-refractivity contribution in [3.63, 3.8) is 0 Å².